The molecule has 0 aliphatic rings. The van der Waals surface area contributed by atoms with Crippen LogP contribution >= 0.6 is 0 Å². The van der Waals surface area contributed by atoms with E-state index in [1.165, 1.54) is 0 Å². The molecule has 1 heterocycles. The minimum Gasteiger partial charge on any atom is -0.359 e. The molecule has 0 saturated heterocycles. The van der Waals surface area contributed by atoms with Crippen LogP contribution in [-0.4, -0.2) is 22.7 Å². The second-order valence-electron chi connectivity index (χ2n) is 3.05. The Hall–Kier alpha value is -1.32. The average Bonchev–Trinajstić information content (AvgIpc) is 2.44. The van der Waals surface area contributed by atoms with E-state index in [4.69, 9.17) is 0 Å². The van der Waals surface area contributed by atoms with E-state index >= 15 is 0 Å². The van der Waals surface area contributed by atoms with E-state index in [0.29, 0.717) is 6.42 Å². The van der Waals surface area contributed by atoms with E-state index in [-0.39, 0.29) is 5.91 Å². The Bertz CT molecular complexity index is 304. The van der Waals surface area contributed by atoms with Crippen molar-refractivity contribution < 1.29 is 4.79 Å². The first-order chi connectivity index (χ1) is 6.15. The molecular formula is C9H15N3O. The fourth-order valence-electron chi connectivity index (χ4n) is 1.16. The van der Waals surface area contributed by atoms with Crippen molar-refractivity contribution in [3.05, 3.63) is 17.5 Å². The maximum Gasteiger partial charge on any atom is 0.220 e. The molecule has 72 valence electrons. The number of hydrogen-bond acceptors (Lipinski definition) is 2. The predicted octanol–water partition coefficient (Wildman–Crippen LogP) is 0.407. The van der Waals surface area contributed by atoms with Gasteiger partial charge < -0.3 is 5.32 Å². The van der Waals surface area contributed by atoms with Crippen LogP contribution in [0.15, 0.2) is 6.20 Å². The number of amides is 1. The van der Waals surface area contributed by atoms with E-state index in [0.717, 1.165) is 17.7 Å². The van der Waals surface area contributed by atoms with Crippen molar-refractivity contribution in [3.63, 3.8) is 0 Å². The molecule has 0 saturated carbocycles. The lowest BCUT2D eigenvalue weighted by molar-refractivity contribution is -0.120. The number of aromatic nitrogens is 2. The lowest BCUT2D eigenvalue weighted by Gasteiger charge is -1.99. The number of nitrogens with one attached hydrogen (secondary N) is 1. The molecule has 4 heteroatoms. The Balaban J connectivity index is 2.55. The topological polar surface area (TPSA) is 46.9 Å². The van der Waals surface area contributed by atoms with Gasteiger partial charge in [0, 0.05) is 26.2 Å². The molecule has 0 bridgehead atoms. The van der Waals surface area contributed by atoms with Crippen molar-refractivity contribution in [2.24, 2.45) is 7.05 Å². The number of rotatable bonds is 3. The molecule has 1 aromatic rings. The molecule has 0 radical (unpaired) electrons. The van der Waals surface area contributed by atoms with Crippen molar-refractivity contribution in [1.29, 1.82) is 0 Å². The third-order valence-electron chi connectivity index (χ3n) is 2.24. The van der Waals surface area contributed by atoms with Crippen LogP contribution < -0.4 is 5.32 Å². The molecule has 1 rings (SSSR count). The normalized spacial score (nSPS) is 10.1. The average molecular weight is 181 g/mol. The van der Waals surface area contributed by atoms with Crippen LogP contribution in [0.1, 0.15) is 17.7 Å². The van der Waals surface area contributed by atoms with Crippen LogP contribution in [0.4, 0.5) is 0 Å². The summed E-state index contributed by atoms with van der Waals surface area (Å²) in [5.74, 6) is 0.0725. The highest BCUT2D eigenvalue weighted by Gasteiger charge is 2.05. The molecule has 1 amide bonds. The molecule has 0 aromatic carbocycles. The second kappa shape index (κ2) is 4.07. The van der Waals surface area contributed by atoms with Crippen LogP contribution in [0.5, 0.6) is 0 Å². The van der Waals surface area contributed by atoms with Gasteiger partial charge in [-0.05, 0) is 18.9 Å². The highest BCUT2D eigenvalue weighted by Crippen LogP contribution is 2.07. The van der Waals surface area contributed by atoms with Crippen molar-refractivity contribution in [1.82, 2.24) is 15.1 Å². The van der Waals surface area contributed by atoms with Crippen LogP contribution in [0.3, 0.4) is 0 Å². The molecule has 0 atom stereocenters. The first kappa shape index (κ1) is 9.77. The van der Waals surface area contributed by atoms with Gasteiger partial charge in [-0.25, -0.2) is 0 Å². The van der Waals surface area contributed by atoms with Gasteiger partial charge in [0.1, 0.15) is 0 Å². The fraction of sp³-hybridized carbons (Fsp3) is 0.556. The van der Waals surface area contributed by atoms with Gasteiger partial charge in [-0.3, -0.25) is 9.48 Å². The predicted molar refractivity (Wildman–Crippen MR) is 50.3 cm³/mol. The Kier molecular flexibility index (Phi) is 3.06. The summed E-state index contributed by atoms with van der Waals surface area (Å²) < 4.78 is 1.82. The van der Waals surface area contributed by atoms with Crippen LogP contribution in [0.25, 0.3) is 0 Å². The molecule has 0 aliphatic carbocycles. The van der Waals surface area contributed by atoms with Crippen LogP contribution in [-0.2, 0) is 18.3 Å². The van der Waals surface area contributed by atoms with Crippen molar-refractivity contribution in [3.8, 4) is 0 Å². The summed E-state index contributed by atoms with van der Waals surface area (Å²) in [6.07, 6.45) is 3.11. The quantitative estimate of drug-likeness (QED) is 0.734. The summed E-state index contributed by atoms with van der Waals surface area (Å²) in [5.41, 5.74) is 2.27. The molecule has 0 spiro atoms. The smallest absolute Gasteiger partial charge is 0.220 e. The molecule has 13 heavy (non-hydrogen) atoms. The summed E-state index contributed by atoms with van der Waals surface area (Å²) in [6, 6.07) is 0. The molecule has 1 aromatic heterocycles. The van der Waals surface area contributed by atoms with E-state index in [1.54, 1.807) is 7.05 Å². The second-order valence-corrected chi connectivity index (χ2v) is 3.05. The number of nitrogens with zero attached hydrogens (tertiary/aromatic N) is 2. The molecule has 4 nitrogen and oxygen atoms in total. The first-order valence-electron chi connectivity index (χ1n) is 4.33. The van der Waals surface area contributed by atoms with Gasteiger partial charge >= 0.3 is 0 Å². The summed E-state index contributed by atoms with van der Waals surface area (Å²) >= 11 is 0. The molecule has 0 aliphatic heterocycles. The molecule has 0 unspecified atom stereocenters. The van der Waals surface area contributed by atoms with Gasteiger partial charge in [0.05, 0.1) is 6.20 Å². The van der Waals surface area contributed by atoms with Gasteiger partial charge in [0.25, 0.3) is 0 Å². The Morgan fingerprint density at radius 3 is 2.85 bits per heavy atom. The zero-order valence-corrected chi connectivity index (χ0v) is 8.29. The summed E-state index contributed by atoms with van der Waals surface area (Å²) in [7, 11) is 3.55. The highest BCUT2D eigenvalue weighted by atomic mass is 16.1. The minimum atomic E-state index is 0.0725. The lowest BCUT2D eigenvalue weighted by Crippen LogP contribution is -2.18. The molecular weight excluding hydrogens is 166 g/mol. The van der Waals surface area contributed by atoms with E-state index < -0.39 is 0 Å². The number of carbonyl (C=O) groups is 1. The van der Waals surface area contributed by atoms with Crippen molar-refractivity contribution >= 4 is 5.91 Å². The SMILES string of the molecule is CNC(=O)CCc1cnn(C)c1C. The molecule has 1 N–H and O–H groups in total. The lowest BCUT2D eigenvalue weighted by atomic mass is 10.1. The number of aryl methyl sites for hydroxylation is 2. The Morgan fingerprint density at radius 2 is 2.38 bits per heavy atom. The fourth-order valence-corrected chi connectivity index (χ4v) is 1.16. The van der Waals surface area contributed by atoms with Gasteiger partial charge in [0.15, 0.2) is 0 Å². The summed E-state index contributed by atoms with van der Waals surface area (Å²) in [5, 5.41) is 6.70. The van der Waals surface area contributed by atoms with E-state index in [1.807, 2.05) is 24.9 Å². The van der Waals surface area contributed by atoms with Crippen molar-refractivity contribution in [2.45, 2.75) is 19.8 Å². The van der Waals surface area contributed by atoms with Crippen LogP contribution in [0.2, 0.25) is 0 Å². The standard InChI is InChI=1S/C9H15N3O/c1-7-8(6-11-12(7)3)4-5-9(13)10-2/h6H,4-5H2,1-3H3,(H,10,13). The third-order valence-corrected chi connectivity index (χ3v) is 2.24. The Morgan fingerprint density at radius 1 is 1.69 bits per heavy atom. The zero-order valence-electron chi connectivity index (χ0n) is 8.29. The first-order valence-corrected chi connectivity index (χ1v) is 4.33. The summed E-state index contributed by atoms with van der Waals surface area (Å²) in [6.45, 7) is 2.01. The summed E-state index contributed by atoms with van der Waals surface area (Å²) in [4.78, 5) is 11.0. The highest BCUT2D eigenvalue weighted by molar-refractivity contribution is 5.75. The maximum absolute atomic E-state index is 11.0. The van der Waals surface area contributed by atoms with Crippen LogP contribution in [0, 0.1) is 6.92 Å². The van der Waals surface area contributed by atoms with Gasteiger partial charge in [-0.1, -0.05) is 0 Å². The van der Waals surface area contributed by atoms with Gasteiger partial charge in [-0.2, -0.15) is 5.10 Å². The minimum absolute atomic E-state index is 0.0725. The van der Waals surface area contributed by atoms with Crippen molar-refractivity contribution in [2.75, 3.05) is 7.05 Å². The number of carbonyl (C=O) groups excluding carboxylic acids is 1. The van der Waals surface area contributed by atoms with E-state index in [9.17, 15) is 4.79 Å². The largest absolute Gasteiger partial charge is 0.359 e. The Labute approximate surface area is 77.9 Å². The maximum atomic E-state index is 11.0. The number of hydrogen-bond donors (Lipinski definition) is 1. The zero-order chi connectivity index (χ0) is 9.84. The third kappa shape index (κ3) is 2.31. The van der Waals surface area contributed by atoms with Gasteiger partial charge in [-0.15, -0.1) is 0 Å². The van der Waals surface area contributed by atoms with Gasteiger partial charge in [0.2, 0.25) is 5.91 Å². The molecule has 0 fully saturated rings. The van der Waals surface area contributed by atoms with E-state index in [2.05, 4.69) is 10.4 Å². The monoisotopic (exact) mass is 181 g/mol.